The van der Waals surface area contributed by atoms with E-state index in [0.717, 1.165) is 0 Å². The number of nitrogens with zero attached hydrogens (tertiary/aromatic N) is 3. The highest BCUT2D eigenvalue weighted by molar-refractivity contribution is 7.99. The molecule has 3 rings (SSSR count). The number of aryl methyl sites for hydroxylation is 1. The molecule has 0 bridgehead atoms. The number of thioether (sulfide) groups is 1. The second-order valence-electron chi connectivity index (χ2n) is 6.89. The first-order chi connectivity index (χ1) is 16.0. The third kappa shape index (κ3) is 7.10. The Morgan fingerprint density at radius 2 is 1.97 bits per heavy atom. The number of aromatic nitrogens is 3. The minimum atomic E-state index is -0.179. The highest BCUT2D eigenvalue weighted by Gasteiger charge is 2.15. The number of methoxy groups -OCH3 is 1. The van der Waals surface area contributed by atoms with E-state index in [1.807, 2.05) is 4.57 Å². The van der Waals surface area contributed by atoms with Gasteiger partial charge in [0.05, 0.1) is 23.6 Å². The number of anilines is 2. The number of hydrogen-bond acceptors (Lipinski definition) is 6. The van der Waals surface area contributed by atoms with Gasteiger partial charge in [-0.1, -0.05) is 47.6 Å². The fourth-order valence-electron chi connectivity index (χ4n) is 2.95. The number of carbonyl (C=O) groups excluding carboxylic acids is 2. The average Bonchev–Trinajstić information content (AvgIpc) is 3.19. The number of hydrogen-bond donors (Lipinski definition) is 2. The lowest BCUT2D eigenvalue weighted by molar-refractivity contribution is -0.116. The van der Waals surface area contributed by atoms with Gasteiger partial charge in [0.15, 0.2) is 5.16 Å². The zero-order valence-electron chi connectivity index (χ0n) is 18.1. The summed E-state index contributed by atoms with van der Waals surface area (Å²) in [6.07, 6.45) is 2.31. The second kappa shape index (κ2) is 12.1. The molecule has 8 nitrogen and oxygen atoms in total. The summed E-state index contributed by atoms with van der Waals surface area (Å²) < 4.78 is 7.01. The summed E-state index contributed by atoms with van der Waals surface area (Å²) in [5, 5.41) is 15.1. The van der Waals surface area contributed by atoms with E-state index in [2.05, 4.69) is 27.4 Å². The molecular weight excluding hydrogens is 462 g/mol. The van der Waals surface area contributed by atoms with Crippen LogP contribution in [-0.2, 0) is 22.6 Å². The van der Waals surface area contributed by atoms with E-state index in [9.17, 15) is 9.59 Å². The minimum Gasteiger partial charge on any atom is -0.497 e. The summed E-state index contributed by atoms with van der Waals surface area (Å²) in [5.41, 5.74) is 1.22. The van der Waals surface area contributed by atoms with Crippen LogP contribution in [0.25, 0.3) is 0 Å². The first-order valence-electron chi connectivity index (χ1n) is 10.1. The Balaban J connectivity index is 1.57. The van der Waals surface area contributed by atoms with Crippen molar-refractivity contribution in [3.8, 4) is 5.75 Å². The van der Waals surface area contributed by atoms with Crippen LogP contribution >= 0.6 is 23.4 Å². The molecule has 33 heavy (non-hydrogen) atoms. The highest BCUT2D eigenvalue weighted by Crippen LogP contribution is 2.22. The van der Waals surface area contributed by atoms with Gasteiger partial charge in [0.2, 0.25) is 11.8 Å². The summed E-state index contributed by atoms with van der Waals surface area (Å²) in [5.74, 6) is 1.10. The first kappa shape index (κ1) is 24.3. The minimum absolute atomic E-state index is 0.152. The Kier molecular flexibility index (Phi) is 8.91. The van der Waals surface area contributed by atoms with E-state index in [1.54, 1.807) is 61.7 Å². The Labute approximate surface area is 201 Å². The average molecular weight is 486 g/mol. The fraction of sp³-hybridized carbons (Fsp3) is 0.217. The molecule has 0 atom stereocenters. The highest BCUT2D eigenvalue weighted by atomic mass is 35.5. The standard InChI is InChI=1S/C23H24ClN5O3S/c1-3-13-29-20(11-12-21(30)26-19-10-5-4-9-18(19)24)27-28-23(29)33-15-22(31)25-16-7-6-8-17(14-16)32-2/h3-10,14H,1,11-13,15H2,2H3,(H,25,31)(H,26,30). The van der Waals surface area contributed by atoms with Crippen LogP contribution in [0.4, 0.5) is 11.4 Å². The maximum atomic E-state index is 12.4. The Hall–Kier alpha value is -3.30. The molecule has 0 unspecified atom stereocenters. The zero-order valence-corrected chi connectivity index (χ0v) is 19.7. The lowest BCUT2D eigenvalue weighted by Gasteiger charge is -2.09. The van der Waals surface area contributed by atoms with Crippen LogP contribution in [0.3, 0.4) is 0 Å². The van der Waals surface area contributed by atoms with Crippen molar-refractivity contribution in [2.24, 2.45) is 0 Å². The number of benzene rings is 2. The Bertz CT molecular complexity index is 1130. The summed E-state index contributed by atoms with van der Waals surface area (Å²) in [7, 11) is 1.57. The lowest BCUT2D eigenvalue weighted by atomic mass is 10.2. The van der Waals surface area contributed by atoms with E-state index >= 15 is 0 Å². The van der Waals surface area contributed by atoms with Gasteiger partial charge in [0.1, 0.15) is 11.6 Å². The molecular formula is C23H24ClN5O3S. The van der Waals surface area contributed by atoms with Gasteiger partial charge in [-0.25, -0.2) is 0 Å². The molecule has 2 amide bonds. The second-order valence-corrected chi connectivity index (χ2v) is 8.24. The van der Waals surface area contributed by atoms with Crippen molar-refractivity contribution < 1.29 is 14.3 Å². The van der Waals surface area contributed by atoms with E-state index in [1.165, 1.54) is 11.8 Å². The zero-order chi connectivity index (χ0) is 23.6. The first-order valence-corrected chi connectivity index (χ1v) is 11.5. The molecule has 0 spiro atoms. The van der Waals surface area contributed by atoms with Gasteiger partial charge in [-0.15, -0.1) is 16.8 Å². The molecule has 172 valence electrons. The van der Waals surface area contributed by atoms with Gasteiger partial charge in [0, 0.05) is 31.1 Å². The molecule has 0 aliphatic heterocycles. The summed E-state index contributed by atoms with van der Waals surface area (Å²) in [4.78, 5) is 24.7. The van der Waals surface area contributed by atoms with Crippen LogP contribution in [0.15, 0.2) is 66.3 Å². The third-order valence-electron chi connectivity index (χ3n) is 4.51. The number of halogens is 1. The van der Waals surface area contributed by atoms with Gasteiger partial charge >= 0.3 is 0 Å². The van der Waals surface area contributed by atoms with Crippen molar-refractivity contribution in [3.05, 3.63) is 72.0 Å². The van der Waals surface area contributed by atoms with Gasteiger partial charge < -0.3 is 19.9 Å². The molecule has 0 aliphatic carbocycles. The van der Waals surface area contributed by atoms with Crippen LogP contribution in [0.2, 0.25) is 5.02 Å². The van der Waals surface area contributed by atoms with Crippen molar-refractivity contribution in [3.63, 3.8) is 0 Å². The lowest BCUT2D eigenvalue weighted by Crippen LogP contribution is -2.15. The summed E-state index contributed by atoms with van der Waals surface area (Å²) >= 11 is 7.35. The maximum absolute atomic E-state index is 12.4. The molecule has 2 N–H and O–H groups in total. The van der Waals surface area contributed by atoms with Crippen molar-refractivity contribution in [1.29, 1.82) is 0 Å². The molecule has 0 fully saturated rings. The SMILES string of the molecule is C=CCn1c(CCC(=O)Nc2ccccc2Cl)nnc1SCC(=O)Nc1cccc(OC)c1. The van der Waals surface area contributed by atoms with Crippen LogP contribution in [0.1, 0.15) is 12.2 Å². The van der Waals surface area contributed by atoms with E-state index in [4.69, 9.17) is 16.3 Å². The quantitative estimate of drug-likeness (QED) is 0.308. The third-order valence-corrected chi connectivity index (χ3v) is 5.81. The molecule has 0 aliphatic rings. The molecule has 0 radical (unpaired) electrons. The monoisotopic (exact) mass is 485 g/mol. The van der Waals surface area contributed by atoms with Crippen molar-refractivity contribution in [1.82, 2.24) is 14.8 Å². The number of allylic oxidation sites excluding steroid dienone is 1. The molecule has 3 aromatic rings. The number of ether oxygens (including phenoxy) is 1. The fourth-order valence-corrected chi connectivity index (χ4v) is 3.90. The van der Waals surface area contributed by atoms with Gasteiger partial charge in [-0.3, -0.25) is 9.59 Å². The van der Waals surface area contributed by atoms with Gasteiger partial charge in [-0.2, -0.15) is 0 Å². The Morgan fingerprint density at radius 1 is 1.15 bits per heavy atom. The van der Waals surface area contributed by atoms with Crippen LogP contribution in [0.5, 0.6) is 5.75 Å². The van der Waals surface area contributed by atoms with Crippen LogP contribution in [0, 0.1) is 0 Å². The number of carbonyl (C=O) groups is 2. The number of para-hydroxylation sites is 1. The summed E-state index contributed by atoms with van der Waals surface area (Å²) in [6.45, 7) is 4.24. The van der Waals surface area contributed by atoms with E-state index in [-0.39, 0.29) is 24.0 Å². The van der Waals surface area contributed by atoms with Gasteiger partial charge in [0.25, 0.3) is 0 Å². The maximum Gasteiger partial charge on any atom is 0.234 e. The van der Waals surface area contributed by atoms with Crippen molar-refractivity contribution in [2.75, 3.05) is 23.5 Å². The number of rotatable bonds is 11. The molecule has 1 heterocycles. The van der Waals surface area contributed by atoms with Crippen LogP contribution < -0.4 is 15.4 Å². The molecule has 10 heteroatoms. The van der Waals surface area contributed by atoms with E-state index < -0.39 is 0 Å². The van der Waals surface area contributed by atoms with Crippen LogP contribution in [-0.4, -0.2) is 39.4 Å². The summed E-state index contributed by atoms with van der Waals surface area (Å²) in [6, 6.07) is 14.2. The molecule has 0 saturated heterocycles. The van der Waals surface area contributed by atoms with E-state index in [0.29, 0.717) is 46.1 Å². The predicted octanol–water partition coefficient (Wildman–Crippen LogP) is 4.43. The topological polar surface area (TPSA) is 98.1 Å². The molecule has 2 aromatic carbocycles. The predicted molar refractivity (Wildman–Crippen MR) is 131 cm³/mol. The number of amides is 2. The van der Waals surface area contributed by atoms with Gasteiger partial charge in [-0.05, 0) is 24.3 Å². The largest absolute Gasteiger partial charge is 0.497 e. The Morgan fingerprint density at radius 3 is 2.73 bits per heavy atom. The van der Waals surface area contributed by atoms with Crippen molar-refractivity contribution in [2.45, 2.75) is 24.5 Å². The molecule has 1 aromatic heterocycles. The normalized spacial score (nSPS) is 10.5. The molecule has 0 saturated carbocycles. The number of nitrogens with one attached hydrogen (secondary N) is 2. The van der Waals surface area contributed by atoms with Crippen molar-refractivity contribution >= 4 is 46.6 Å². The smallest absolute Gasteiger partial charge is 0.234 e.